The molecule has 0 fully saturated rings. The van der Waals surface area contributed by atoms with Crippen LogP contribution in [0.25, 0.3) is 0 Å². The number of halogens is 1. The van der Waals surface area contributed by atoms with E-state index in [4.69, 9.17) is 11.2 Å². The highest BCUT2D eigenvalue weighted by Gasteiger charge is 2.27. The first-order valence-electron chi connectivity index (χ1n) is 13.3. The molecule has 0 aliphatic heterocycles. The van der Waals surface area contributed by atoms with Crippen molar-refractivity contribution in [2.75, 3.05) is 0 Å². The molecule has 0 spiro atoms. The van der Waals surface area contributed by atoms with E-state index in [1.54, 1.807) is 0 Å². The molecular weight excluding hydrogens is 523 g/mol. The number of aryl methyl sites for hydroxylation is 3. The zero-order valence-electron chi connectivity index (χ0n) is 22.9. The van der Waals surface area contributed by atoms with Crippen LogP contribution in [0.4, 0.5) is 0 Å². The Labute approximate surface area is 244 Å². The lowest BCUT2D eigenvalue weighted by molar-refractivity contribution is 1.14. The highest BCUT2D eigenvalue weighted by atomic mass is 35.7. The van der Waals surface area contributed by atoms with E-state index in [2.05, 4.69) is 105 Å². The van der Waals surface area contributed by atoms with Crippen LogP contribution in [0.1, 0.15) is 55.7 Å². The summed E-state index contributed by atoms with van der Waals surface area (Å²) in [4.78, 5) is 0. The summed E-state index contributed by atoms with van der Waals surface area (Å²) < 4.78 is 0. The number of rotatable bonds is 4. The molecule has 0 radical (unpaired) electrons. The predicted octanol–water partition coefficient (Wildman–Crippen LogP) is 9.46. The van der Waals surface area contributed by atoms with Gasteiger partial charge >= 0.3 is 0 Å². The van der Waals surface area contributed by atoms with Gasteiger partial charge in [0.15, 0.2) is 0 Å². The van der Waals surface area contributed by atoms with Crippen molar-refractivity contribution in [3.63, 3.8) is 0 Å². The first-order chi connectivity index (χ1) is 19.5. The summed E-state index contributed by atoms with van der Waals surface area (Å²) in [5.74, 6) is 13.1. The van der Waals surface area contributed by atoms with Gasteiger partial charge in [0.25, 0.3) is 0 Å². The lowest BCUT2D eigenvalue weighted by Gasteiger charge is -2.27. The highest BCUT2D eigenvalue weighted by Crippen LogP contribution is 2.58. The molecule has 0 bridgehead atoms. The minimum absolute atomic E-state index is 0.0315. The molecule has 0 heterocycles. The SMILES string of the molecule is Cc1cc(C)c(P(Cl)C(c2ccc(C#Cc3ccccc3)cc2)c2ccc(C#Cc3ccccc3)cc2)c(C)c1. The van der Waals surface area contributed by atoms with Gasteiger partial charge < -0.3 is 0 Å². The van der Waals surface area contributed by atoms with Crippen LogP contribution in [0.5, 0.6) is 0 Å². The lowest BCUT2D eigenvalue weighted by Crippen LogP contribution is -2.13. The third-order valence-corrected chi connectivity index (χ3v) is 10.1. The van der Waals surface area contributed by atoms with Gasteiger partial charge in [-0.05, 0) is 96.9 Å². The van der Waals surface area contributed by atoms with Crippen LogP contribution in [-0.4, -0.2) is 0 Å². The molecule has 0 aliphatic carbocycles. The predicted molar refractivity (Wildman–Crippen MR) is 173 cm³/mol. The maximum Gasteiger partial charge on any atom is 0.0470 e. The average molecular weight is 553 g/mol. The maximum absolute atomic E-state index is 7.48. The van der Waals surface area contributed by atoms with Gasteiger partial charge in [0.2, 0.25) is 0 Å². The molecule has 194 valence electrons. The monoisotopic (exact) mass is 552 g/mol. The fourth-order valence-electron chi connectivity index (χ4n) is 4.92. The summed E-state index contributed by atoms with van der Waals surface area (Å²) >= 11 is 7.48. The Morgan fingerprint density at radius 1 is 0.500 bits per heavy atom. The molecule has 1 atom stereocenters. The molecule has 0 N–H and O–H groups in total. The van der Waals surface area contributed by atoms with Crippen LogP contribution >= 0.6 is 18.5 Å². The van der Waals surface area contributed by atoms with Crippen molar-refractivity contribution in [1.82, 2.24) is 0 Å². The van der Waals surface area contributed by atoms with Crippen molar-refractivity contribution in [3.05, 3.63) is 171 Å². The van der Waals surface area contributed by atoms with Crippen LogP contribution in [-0.2, 0) is 0 Å². The maximum atomic E-state index is 7.48. The molecule has 2 heteroatoms. The molecule has 0 aromatic heterocycles. The van der Waals surface area contributed by atoms with E-state index in [9.17, 15) is 0 Å². The van der Waals surface area contributed by atoms with E-state index in [1.165, 1.54) is 33.1 Å². The molecule has 0 aliphatic rings. The molecular formula is C38H30ClP. The third-order valence-electron chi connectivity index (χ3n) is 6.78. The van der Waals surface area contributed by atoms with E-state index in [0.717, 1.165) is 22.3 Å². The molecule has 5 aromatic rings. The summed E-state index contributed by atoms with van der Waals surface area (Å²) in [6, 6.07) is 41.8. The number of hydrogen-bond acceptors (Lipinski definition) is 0. The third kappa shape index (κ3) is 6.74. The minimum atomic E-state index is -1.05. The Balaban J connectivity index is 1.50. The van der Waals surface area contributed by atoms with Gasteiger partial charge in [-0.25, -0.2) is 0 Å². The van der Waals surface area contributed by atoms with Gasteiger partial charge in [-0.1, -0.05) is 113 Å². The van der Waals surface area contributed by atoms with Crippen molar-refractivity contribution in [2.24, 2.45) is 0 Å². The van der Waals surface area contributed by atoms with E-state index < -0.39 is 7.27 Å². The Hall–Kier alpha value is -4.06. The van der Waals surface area contributed by atoms with Crippen molar-refractivity contribution in [3.8, 4) is 23.7 Å². The van der Waals surface area contributed by atoms with Crippen molar-refractivity contribution < 1.29 is 0 Å². The molecule has 0 saturated heterocycles. The quantitative estimate of drug-likeness (QED) is 0.154. The highest BCUT2D eigenvalue weighted by molar-refractivity contribution is 7.90. The van der Waals surface area contributed by atoms with Crippen molar-refractivity contribution in [2.45, 2.75) is 26.4 Å². The van der Waals surface area contributed by atoms with E-state index in [1.807, 2.05) is 60.7 Å². The number of benzene rings is 5. The zero-order chi connectivity index (χ0) is 27.9. The molecule has 1 unspecified atom stereocenters. The fourth-order valence-corrected chi connectivity index (χ4v) is 8.33. The molecule has 40 heavy (non-hydrogen) atoms. The summed E-state index contributed by atoms with van der Waals surface area (Å²) in [7, 11) is -1.05. The van der Waals surface area contributed by atoms with Crippen LogP contribution in [0.15, 0.2) is 121 Å². The molecule has 5 aromatic carbocycles. The number of hydrogen-bond donors (Lipinski definition) is 0. The van der Waals surface area contributed by atoms with Crippen LogP contribution < -0.4 is 5.30 Å². The van der Waals surface area contributed by atoms with Crippen LogP contribution in [0.3, 0.4) is 0 Å². The normalized spacial score (nSPS) is 11.2. The first kappa shape index (κ1) is 27.5. The Morgan fingerprint density at radius 3 is 1.23 bits per heavy atom. The van der Waals surface area contributed by atoms with Crippen molar-refractivity contribution >= 4 is 23.8 Å². The molecule has 5 rings (SSSR count). The summed E-state index contributed by atoms with van der Waals surface area (Å²) in [6.07, 6.45) is 0. The van der Waals surface area contributed by atoms with E-state index in [0.29, 0.717) is 0 Å². The van der Waals surface area contributed by atoms with Gasteiger partial charge in [0.05, 0.1) is 0 Å². The standard InChI is InChI=1S/C38H30ClP/c1-28-26-29(2)37(30(3)27-28)40(39)38(35-22-18-33(19-23-35)16-14-31-10-6-4-7-11-31)36-24-20-34(21-25-36)17-15-32-12-8-5-9-13-32/h4-13,18-27,38H,1-3H3. The van der Waals surface area contributed by atoms with Gasteiger partial charge in [0, 0.05) is 35.2 Å². The minimum Gasteiger partial charge on any atom is -0.0901 e. The summed E-state index contributed by atoms with van der Waals surface area (Å²) in [5.41, 5.74) is 10.2. The zero-order valence-corrected chi connectivity index (χ0v) is 24.6. The fraction of sp³-hybridized carbons (Fsp3) is 0.105. The second kappa shape index (κ2) is 12.9. The Morgan fingerprint density at radius 2 is 0.850 bits per heavy atom. The van der Waals surface area contributed by atoms with Gasteiger partial charge in [-0.2, -0.15) is 0 Å². The summed E-state index contributed by atoms with van der Waals surface area (Å²) in [6.45, 7) is 6.49. The van der Waals surface area contributed by atoms with Crippen LogP contribution in [0.2, 0.25) is 0 Å². The van der Waals surface area contributed by atoms with Gasteiger partial charge in [-0.15, -0.1) is 0 Å². The van der Waals surface area contributed by atoms with Gasteiger partial charge in [0.1, 0.15) is 0 Å². The molecule has 0 amide bonds. The van der Waals surface area contributed by atoms with Gasteiger partial charge in [-0.3, -0.25) is 0 Å². The first-order valence-corrected chi connectivity index (χ1v) is 15.7. The lowest BCUT2D eigenvalue weighted by atomic mass is 10.0. The second-order valence-corrected chi connectivity index (χ2v) is 12.6. The Kier molecular flexibility index (Phi) is 8.84. The largest absolute Gasteiger partial charge is 0.0901 e. The Bertz CT molecular complexity index is 1590. The molecule has 0 nitrogen and oxygen atoms in total. The summed E-state index contributed by atoms with van der Waals surface area (Å²) in [5, 5.41) is 1.26. The van der Waals surface area contributed by atoms with Crippen molar-refractivity contribution in [1.29, 1.82) is 0 Å². The van der Waals surface area contributed by atoms with E-state index in [-0.39, 0.29) is 5.66 Å². The second-order valence-electron chi connectivity index (χ2n) is 9.94. The van der Waals surface area contributed by atoms with Crippen LogP contribution in [0, 0.1) is 44.5 Å². The average Bonchev–Trinajstić information content (AvgIpc) is 2.97. The smallest absolute Gasteiger partial charge is 0.0470 e. The molecule has 0 saturated carbocycles. The van der Waals surface area contributed by atoms with E-state index >= 15 is 0 Å². The topological polar surface area (TPSA) is 0 Å².